The zero-order valence-corrected chi connectivity index (χ0v) is 16.9. The molecule has 2 heterocycles. The van der Waals surface area contributed by atoms with Crippen LogP contribution >= 0.6 is 0 Å². The molecule has 2 aliphatic rings. The van der Waals surface area contributed by atoms with Gasteiger partial charge in [0.15, 0.2) is 0 Å². The molecule has 3 aromatic rings. The Bertz CT molecular complexity index is 1210. The van der Waals surface area contributed by atoms with Crippen LogP contribution in [0.25, 0.3) is 16.5 Å². The number of aryl methyl sites for hydroxylation is 1. The lowest BCUT2D eigenvalue weighted by Crippen LogP contribution is -2.00. The van der Waals surface area contributed by atoms with Crippen LogP contribution in [0.3, 0.4) is 0 Å². The molecule has 5 rings (SSSR count). The number of allylic oxidation sites excluding steroid dienone is 6. The van der Waals surface area contributed by atoms with Gasteiger partial charge in [0.1, 0.15) is 0 Å². The average molecular weight is 377 g/mol. The van der Waals surface area contributed by atoms with E-state index in [0.29, 0.717) is 0 Å². The summed E-state index contributed by atoms with van der Waals surface area (Å²) in [4.78, 5) is 9.97. The number of aromatic nitrogens is 1. The number of hydrogen-bond acceptors (Lipinski definition) is 2. The van der Waals surface area contributed by atoms with E-state index in [1.165, 1.54) is 27.6 Å². The maximum Gasteiger partial charge on any atom is 0.0970 e. The van der Waals surface area contributed by atoms with Gasteiger partial charge in [-0.3, -0.25) is 9.98 Å². The first kappa shape index (κ1) is 17.8. The number of fused-ring (bicyclic) bond motifs is 3. The van der Waals surface area contributed by atoms with Gasteiger partial charge < -0.3 is 0 Å². The van der Waals surface area contributed by atoms with Crippen molar-refractivity contribution in [3.8, 4) is 0 Å². The number of benzene rings is 2. The van der Waals surface area contributed by atoms with E-state index >= 15 is 0 Å². The van der Waals surface area contributed by atoms with Crippen molar-refractivity contribution in [3.05, 3.63) is 101 Å². The zero-order valence-electron chi connectivity index (χ0n) is 16.9. The normalized spacial score (nSPS) is 18.2. The third-order valence-electron chi connectivity index (χ3n) is 5.79. The van der Waals surface area contributed by atoms with Gasteiger partial charge in [-0.05, 0) is 61.1 Å². The molecule has 0 saturated heterocycles. The molecule has 0 N–H and O–H groups in total. The molecule has 1 aromatic heterocycles. The van der Waals surface area contributed by atoms with Gasteiger partial charge in [-0.15, -0.1) is 0 Å². The van der Waals surface area contributed by atoms with E-state index in [1.54, 1.807) is 0 Å². The summed E-state index contributed by atoms with van der Waals surface area (Å²) >= 11 is 0. The molecular weight excluding hydrogens is 352 g/mol. The van der Waals surface area contributed by atoms with Crippen LogP contribution in [-0.4, -0.2) is 10.7 Å². The minimum absolute atomic E-state index is 0.180. The highest BCUT2D eigenvalue weighted by molar-refractivity contribution is 6.04. The quantitative estimate of drug-likeness (QED) is 0.469. The van der Waals surface area contributed by atoms with Crippen molar-refractivity contribution < 1.29 is 0 Å². The summed E-state index contributed by atoms with van der Waals surface area (Å²) in [6, 6.07) is 17.4. The van der Waals surface area contributed by atoms with E-state index in [0.717, 1.165) is 35.5 Å². The Kier molecular flexibility index (Phi) is 4.48. The summed E-state index contributed by atoms with van der Waals surface area (Å²) in [5.74, 6) is 0.180. The topological polar surface area (TPSA) is 25.2 Å². The predicted molar refractivity (Wildman–Crippen MR) is 123 cm³/mol. The lowest BCUT2D eigenvalue weighted by Gasteiger charge is -2.19. The van der Waals surface area contributed by atoms with Gasteiger partial charge in [-0.1, -0.05) is 66.8 Å². The van der Waals surface area contributed by atoms with E-state index in [-0.39, 0.29) is 5.92 Å². The smallest absolute Gasteiger partial charge is 0.0970 e. The number of hydrogen-bond donors (Lipinski definition) is 0. The van der Waals surface area contributed by atoms with Crippen molar-refractivity contribution >= 4 is 27.9 Å². The Labute approximate surface area is 172 Å². The largest absolute Gasteiger partial charge is 0.251 e. The SMILES string of the molecule is CC1=Nc2c(ccc3c(C4=CC=CCC4)cc(C)nc23)C(c2ccccc2)C=C1. The first-order valence-electron chi connectivity index (χ1n) is 10.3. The second-order valence-corrected chi connectivity index (χ2v) is 7.87. The molecule has 1 atom stereocenters. The van der Waals surface area contributed by atoms with Gasteiger partial charge in [-0.2, -0.15) is 0 Å². The molecule has 0 bridgehead atoms. The van der Waals surface area contributed by atoms with E-state index in [1.807, 2.05) is 0 Å². The van der Waals surface area contributed by atoms with E-state index in [9.17, 15) is 0 Å². The van der Waals surface area contributed by atoms with Gasteiger partial charge in [0.2, 0.25) is 0 Å². The fourth-order valence-electron chi connectivity index (χ4n) is 4.39. The van der Waals surface area contributed by atoms with E-state index < -0.39 is 0 Å². The molecule has 142 valence electrons. The monoisotopic (exact) mass is 376 g/mol. The Morgan fingerprint density at radius 1 is 1.00 bits per heavy atom. The Balaban J connectivity index is 1.79. The van der Waals surface area contributed by atoms with Crippen molar-refractivity contribution in [1.29, 1.82) is 0 Å². The summed E-state index contributed by atoms with van der Waals surface area (Å²) in [5, 5.41) is 1.20. The van der Waals surface area contributed by atoms with Crippen LogP contribution < -0.4 is 0 Å². The Morgan fingerprint density at radius 2 is 1.86 bits per heavy atom. The maximum atomic E-state index is 5.00. The molecule has 2 nitrogen and oxygen atoms in total. The molecule has 1 unspecified atom stereocenters. The second-order valence-electron chi connectivity index (χ2n) is 7.87. The first-order chi connectivity index (χ1) is 14.2. The van der Waals surface area contributed by atoms with Gasteiger partial charge in [0.05, 0.1) is 11.2 Å². The van der Waals surface area contributed by atoms with Crippen molar-refractivity contribution in [2.24, 2.45) is 4.99 Å². The maximum absolute atomic E-state index is 5.00. The minimum atomic E-state index is 0.180. The second kappa shape index (κ2) is 7.29. The fraction of sp³-hybridized carbons (Fsp3) is 0.185. The molecular formula is C27H24N2. The molecule has 1 aliphatic heterocycles. The highest BCUT2D eigenvalue weighted by Gasteiger charge is 2.21. The first-order valence-corrected chi connectivity index (χ1v) is 10.3. The summed E-state index contributed by atoms with van der Waals surface area (Å²) in [6.07, 6.45) is 13.2. The Hall–Kier alpha value is -3.26. The molecule has 29 heavy (non-hydrogen) atoms. The third-order valence-corrected chi connectivity index (χ3v) is 5.79. The van der Waals surface area contributed by atoms with Crippen molar-refractivity contribution in [2.45, 2.75) is 32.6 Å². The standard InChI is InChI=1S/C27H24N2/c1-18-13-14-22(20-9-5-3-6-10-20)23-15-16-24-25(21-11-7-4-8-12-21)17-19(2)29-27(24)26(23)28-18/h3-7,9-11,13-17,22H,8,12H2,1-2H3. The van der Waals surface area contributed by atoms with Gasteiger partial charge in [0, 0.05) is 22.7 Å². The fourth-order valence-corrected chi connectivity index (χ4v) is 4.39. The van der Waals surface area contributed by atoms with Crippen molar-refractivity contribution in [2.75, 3.05) is 0 Å². The molecule has 0 fully saturated rings. The van der Waals surface area contributed by atoms with Crippen LogP contribution in [0.1, 0.15) is 48.1 Å². The summed E-state index contributed by atoms with van der Waals surface area (Å²) in [6.45, 7) is 4.15. The van der Waals surface area contributed by atoms with Gasteiger partial charge in [-0.25, -0.2) is 0 Å². The summed E-state index contributed by atoms with van der Waals surface area (Å²) < 4.78 is 0. The van der Waals surface area contributed by atoms with Crippen molar-refractivity contribution in [3.63, 3.8) is 0 Å². The van der Waals surface area contributed by atoms with Gasteiger partial charge in [0.25, 0.3) is 0 Å². The number of aliphatic imine (C=N–C) groups is 1. The average Bonchev–Trinajstić information content (AvgIpc) is 2.93. The van der Waals surface area contributed by atoms with Crippen LogP contribution in [0.15, 0.2) is 83.9 Å². The highest BCUT2D eigenvalue weighted by atomic mass is 14.8. The lowest BCUT2D eigenvalue weighted by atomic mass is 9.87. The van der Waals surface area contributed by atoms with Crippen LogP contribution in [0.2, 0.25) is 0 Å². The summed E-state index contributed by atoms with van der Waals surface area (Å²) in [5.41, 5.74) is 9.25. The van der Waals surface area contributed by atoms with Crippen LogP contribution in [0, 0.1) is 6.92 Å². The lowest BCUT2D eigenvalue weighted by molar-refractivity contribution is 1.03. The van der Waals surface area contributed by atoms with E-state index in [4.69, 9.17) is 9.98 Å². The van der Waals surface area contributed by atoms with Crippen LogP contribution in [-0.2, 0) is 0 Å². The number of rotatable bonds is 2. The molecule has 0 amide bonds. The van der Waals surface area contributed by atoms with Crippen LogP contribution in [0.5, 0.6) is 0 Å². The highest BCUT2D eigenvalue weighted by Crippen LogP contribution is 2.41. The molecule has 0 spiro atoms. The summed E-state index contributed by atoms with van der Waals surface area (Å²) in [7, 11) is 0. The van der Waals surface area contributed by atoms with Gasteiger partial charge >= 0.3 is 0 Å². The predicted octanol–water partition coefficient (Wildman–Crippen LogP) is 7.07. The molecule has 2 heteroatoms. The number of pyridine rings is 1. The molecule has 0 radical (unpaired) electrons. The number of nitrogens with zero attached hydrogens (tertiary/aromatic N) is 2. The molecule has 0 saturated carbocycles. The molecule has 1 aliphatic carbocycles. The Morgan fingerprint density at radius 3 is 2.66 bits per heavy atom. The van der Waals surface area contributed by atoms with Crippen LogP contribution in [0.4, 0.5) is 5.69 Å². The molecule has 2 aromatic carbocycles. The zero-order chi connectivity index (χ0) is 19.8. The minimum Gasteiger partial charge on any atom is -0.251 e. The van der Waals surface area contributed by atoms with Crippen molar-refractivity contribution in [1.82, 2.24) is 4.98 Å². The third kappa shape index (κ3) is 3.25. The van der Waals surface area contributed by atoms with E-state index in [2.05, 4.69) is 92.8 Å².